The summed E-state index contributed by atoms with van der Waals surface area (Å²) in [6.45, 7) is 17.2. The smallest absolute Gasteiger partial charge is 0.122 e. The molecule has 0 atom stereocenters. The van der Waals surface area contributed by atoms with E-state index in [2.05, 4.69) is 77.9 Å². The first-order valence-corrected chi connectivity index (χ1v) is 12.7. The minimum Gasteiger partial charge on any atom is -0.491 e. The average molecular weight is 469 g/mol. The molecule has 0 saturated heterocycles. The second-order valence-corrected chi connectivity index (χ2v) is 12.0. The summed E-state index contributed by atoms with van der Waals surface area (Å²) in [5, 5.41) is 11.2. The lowest BCUT2D eigenvalue weighted by Crippen LogP contribution is -2.26. The highest BCUT2D eigenvalue weighted by atomic mass is 16.5. The number of fused-ring (bicyclic) bond motifs is 2. The largest absolute Gasteiger partial charge is 0.491 e. The van der Waals surface area contributed by atoms with Crippen molar-refractivity contribution < 1.29 is 19.3 Å². The van der Waals surface area contributed by atoms with Crippen LogP contribution in [0.5, 0.6) is 11.5 Å². The zero-order valence-electron chi connectivity index (χ0n) is 22.3. The fraction of sp³-hybridized carbons (Fsp3) is 0.600. The standard InChI is InChI=1S/C30H44O4/c1-28(2,3)24-10-8-22-12-14-30(7,31)15-13-23-9-11-25(29(4,5)6)21-27(23)34-19-17-32-16-18-33-26(22)20-24/h8-11,20-21,31H,12-19H2,1-7H3. The molecule has 0 saturated carbocycles. The Balaban J connectivity index is 1.82. The predicted molar refractivity (Wildman–Crippen MR) is 139 cm³/mol. The quantitative estimate of drug-likeness (QED) is 0.487. The van der Waals surface area contributed by atoms with Crippen molar-refractivity contribution in [3.8, 4) is 11.5 Å². The van der Waals surface area contributed by atoms with Crippen LogP contribution in [0.25, 0.3) is 0 Å². The van der Waals surface area contributed by atoms with Gasteiger partial charge in [-0.1, -0.05) is 65.8 Å². The van der Waals surface area contributed by atoms with Crippen molar-refractivity contribution in [3.63, 3.8) is 0 Å². The summed E-state index contributed by atoms with van der Waals surface area (Å²) >= 11 is 0. The molecule has 3 rings (SSSR count). The van der Waals surface area contributed by atoms with E-state index in [1.165, 1.54) is 11.1 Å². The molecular weight excluding hydrogens is 424 g/mol. The van der Waals surface area contributed by atoms with Gasteiger partial charge >= 0.3 is 0 Å². The van der Waals surface area contributed by atoms with Gasteiger partial charge in [-0.05, 0) is 77.8 Å². The molecular formula is C30H44O4. The third kappa shape index (κ3) is 7.48. The lowest BCUT2D eigenvalue weighted by Gasteiger charge is -2.26. The third-order valence-corrected chi connectivity index (χ3v) is 6.70. The van der Waals surface area contributed by atoms with Gasteiger partial charge in [-0.15, -0.1) is 0 Å². The van der Waals surface area contributed by atoms with Crippen molar-refractivity contribution in [2.75, 3.05) is 26.4 Å². The molecule has 1 aliphatic rings. The molecule has 34 heavy (non-hydrogen) atoms. The molecule has 4 nitrogen and oxygen atoms in total. The van der Waals surface area contributed by atoms with Crippen molar-refractivity contribution >= 4 is 0 Å². The number of rotatable bonds is 0. The Labute approximate surface area is 206 Å². The van der Waals surface area contributed by atoms with E-state index in [0.29, 0.717) is 39.3 Å². The van der Waals surface area contributed by atoms with Gasteiger partial charge in [-0.25, -0.2) is 0 Å². The van der Waals surface area contributed by atoms with Crippen LogP contribution in [0.2, 0.25) is 0 Å². The molecule has 0 bridgehead atoms. The number of benzene rings is 2. The molecule has 2 aromatic rings. The molecule has 1 N–H and O–H groups in total. The van der Waals surface area contributed by atoms with Gasteiger partial charge in [0.2, 0.25) is 0 Å². The van der Waals surface area contributed by atoms with Crippen LogP contribution in [0, 0.1) is 0 Å². The van der Waals surface area contributed by atoms with E-state index < -0.39 is 5.60 Å². The number of hydrogen-bond donors (Lipinski definition) is 1. The summed E-state index contributed by atoms with van der Waals surface area (Å²) in [5.41, 5.74) is 4.08. The minimum absolute atomic E-state index is 0.0488. The van der Waals surface area contributed by atoms with Crippen molar-refractivity contribution in [2.24, 2.45) is 0 Å². The summed E-state index contributed by atoms with van der Waals surface area (Å²) in [7, 11) is 0. The van der Waals surface area contributed by atoms with E-state index >= 15 is 0 Å². The van der Waals surface area contributed by atoms with Crippen molar-refractivity contribution in [2.45, 2.75) is 90.6 Å². The van der Waals surface area contributed by atoms with Gasteiger partial charge in [-0.2, -0.15) is 0 Å². The molecule has 4 heteroatoms. The van der Waals surface area contributed by atoms with Gasteiger partial charge in [0, 0.05) is 0 Å². The Morgan fingerprint density at radius 1 is 0.676 bits per heavy atom. The van der Waals surface area contributed by atoms with Crippen LogP contribution in [0.3, 0.4) is 0 Å². The van der Waals surface area contributed by atoms with Crippen LogP contribution in [0.1, 0.15) is 83.6 Å². The molecule has 0 amide bonds. The molecule has 0 unspecified atom stereocenters. The Morgan fingerprint density at radius 2 is 1.09 bits per heavy atom. The highest BCUT2D eigenvalue weighted by Crippen LogP contribution is 2.33. The molecule has 0 radical (unpaired) electrons. The summed E-state index contributed by atoms with van der Waals surface area (Å²) in [4.78, 5) is 0. The first kappa shape index (κ1) is 26.6. The summed E-state index contributed by atoms with van der Waals surface area (Å²) < 4.78 is 18.1. The van der Waals surface area contributed by atoms with Crippen LogP contribution in [0.4, 0.5) is 0 Å². The molecule has 1 heterocycles. The minimum atomic E-state index is -0.778. The molecule has 188 valence electrons. The van der Waals surface area contributed by atoms with Crippen molar-refractivity contribution in [1.82, 2.24) is 0 Å². The summed E-state index contributed by atoms with van der Waals surface area (Å²) in [6.07, 6.45) is 2.87. The van der Waals surface area contributed by atoms with E-state index in [4.69, 9.17) is 14.2 Å². The van der Waals surface area contributed by atoms with Gasteiger partial charge in [0.1, 0.15) is 24.7 Å². The second kappa shape index (κ2) is 10.7. The highest BCUT2D eigenvalue weighted by molar-refractivity contribution is 5.41. The first-order chi connectivity index (χ1) is 15.9. The molecule has 0 spiro atoms. The fourth-order valence-corrected chi connectivity index (χ4v) is 4.18. The molecule has 0 aromatic heterocycles. The zero-order chi connectivity index (χ0) is 25.0. The van der Waals surface area contributed by atoms with Gasteiger partial charge in [0.15, 0.2) is 0 Å². The van der Waals surface area contributed by atoms with E-state index in [1.807, 2.05) is 6.92 Å². The highest BCUT2D eigenvalue weighted by Gasteiger charge is 2.24. The van der Waals surface area contributed by atoms with E-state index in [-0.39, 0.29) is 10.8 Å². The molecule has 1 aliphatic heterocycles. The van der Waals surface area contributed by atoms with Crippen LogP contribution >= 0.6 is 0 Å². The number of hydrogen-bond acceptors (Lipinski definition) is 4. The van der Waals surface area contributed by atoms with Gasteiger partial charge in [-0.3, -0.25) is 0 Å². The topological polar surface area (TPSA) is 47.9 Å². The molecule has 0 aliphatic carbocycles. The zero-order valence-corrected chi connectivity index (χ0v) is 22.3. The number of aryl methyl sites for hydroxylation is 2. The van der Waals surface area contributed by atoms with Crippen LogP contribution < -0.4 is 9.47 Å². The maximum atomic E-state index is 11.2. The van der Waals surface area contributed by atoms with Crippen molar-refractivity contribution in [1.29, 1.82) is 0 Å². The van der Waals surface area contributed by atoms with E-state index in [1.54, 1.807) is 0 Å². The van der Waals surface area contributed by atoms with Gasteiger partial charge < -0.3 is 19.3 Å². The lowest BCUT2D eigenvalue weighted by molar-refractivity contribution is 0.0416. The third-order valence-electron chi connectivity index (χ3n) is 6.70. The Morgan fingerprint density at radius 3 is 1.47 bits per heavy atom. The summed E-state index contributed by atoms with van der Waals surface area (Å²) in [5.74, 6) is 1.80. The van der Waals surface area contributed by atoms with Crippen molar-refractivity contribution in [3.05, 3.63) is 58.7 Å². The average Bonchev–Trinajstić information content (AvgIpc) is 2.74. The number of aliphatic hydroxyl groups is 1. The first-order valence-electron chi connectivity index (χ1n) is 12.7. The molecule has 0 fully saturated rings. The van der Waals surface area contributed by atoms with Gasteiger partial charge in [0.05, 0.1) is 18.8 Å². The maximum absolute atomic E-state index is 11.2. The fourth-order valence-electron chi connectivity index (χ4n) is 4.18. The predicted octanol–water partition coefficient (Wildman–Crippen LogP) is 6.39. The van der Waals surface area contributed by atoms with Crippen LogP contribution in [-0.4, -0.2) is 37.1 Å². The second-order valence-electron chi connectivity index (χ2n) is 12.0. The molecule has 2 aromatic carbocycles. The Hall–Kier alpha value is -2.04. The van der Waals surface area contributed by atoms with Crippen LogP contribution in [-0.2, 0) is 28.4 Å². The van der Waals surface area contributed by atoms with Gasteiger partial charge in [0.25, 0.3) is 0 Å². The SMILES string of the molecule is CC1(O)CCc2ccc(C(C)(C)C)cc2OCCOCCOc2cc(C(C)(C)C)ccc2CC1. The number of ether oxygens (including phenoxy) is 3. The normalized spacial score (nSPS) is 18.2. The maximum Gasteiger partial charge on any atom is 0.122 e. The van der Waals surface area contributed by atoms with E-state index in [9.17, 15) is 5.11 Å². The Kier molecular flexibility index (Phi) is 8.36. The Bertz CT molecular complexity index is 872. The van der Waals surface area contributed by atoms with E-state index in [0.717, 1.165) is 35.5 Å². The monoisotopic (exact) mass is 468 g/mol. The summed E-state index contributed by atoms with van der Waals surface area (Å²) in [6, 6.07) is 13.0. The lowest BCUT2D eigenvalue weighted by atomic mass is 9.84. The van der Waals surface area contributed by atoms with Crippen LogP contribution in [0.15, 0.2) is 36.4 Å².